The maximum atomic E-state index is 6.02. The molecule has 0 bridgehead atoms. The van der Waals surface area contributed by atoms with Crippen molar-refractivity contribution in [3.63, 3.8) is 0 Å². The molecule has 1 aliphatic heterocycles. The number of hydrogen-bond acceptors (Lipinski definition) is 2. The zero-order valence-corrected chi connectivity index (χ0v) is 11.4. The van der Waals surface area contributed by atoms with Gasteiger partial charge >= 0.3 is 0 Å². The zero-order valence-electron chi connectivity index (χ0n) is 11.4. The van der Waals surface area contributed by atoms with E-state index in [9.17, 15) is 0 Å². The summed E-state index contributed by atoms with van der Waals surface area (Å²) in [5.41, 5.74) is 0. The van der Waals surface area contributed by atoms with Crippen LogP contribution in [0.3, 0.4) is 0 Å². The molecule has 1 aliphatic rings. The molecule has 2 rings (SSSR count). The first kappa shape index (κ1) is 13.4. The Balaban J connectivity index is 1.76. The standard InChI is InChI=1S/C16H24O2/c1-2-3-4-5-9-12-16(13-14-17-16)18-15-10-7-6-8-11-15/h6-8,10-11H,2-5,9,12-14H2,1H3. The van der Waals surface area contributed by atoms with Gasteiger partial charge in [-0.3, -0.25) is 0 Å². The number of hydrogen-bond donors (Lipinski definition) is 0. The summed E-state index contributed by atoms with van der Waals surface area (Å²) in [5, 5.41) is 0. The Bertz CT molecular complexity index is 330. The Morgan fingerprint density at radius 2 is 1.83 bits per heavy atom. The lowest BCUT2D eigenvalue weighted by Crippen LogP contribution is -2.48. The Labute approximate surface area is 110 Å². The molecule has 1 unspecified atom stereocenters. The van der Waals surface area contributed by atoms with Gasteiger partial charge in [0.15, 0.2) is 0 Å². The van der Waals surface area contributed by atoms with Gasteiger partial charge < -0.3 is 9.47 Å². The Morgan fingerprint density at radius 1 is 1.11 bits per heavy atom. The third kappa shape index (κ3) is 3.74. The van der Waals surface area contributed by atoms with Crippen LogP contribution in [-0.2, 0) is 4.74 Å². The van der Waals surface area contributed by atoms with E-state index in [1.807, 2.05) is 30.3 Å². The summed E-state index contributed by atoms with van der Waals surface area (Å²) in [7, 11) is 0. The third-order valence-electron chi connectivity index (χ3n) is 3.56. The highest BCUT2D eigenvalue weighted by atomic mass is 16.7. The van der Waals surface area contributed by atoms with Gasteiger partial charge in [0.05, 0.1) is 6.61 Å². The van der Waals surface area contributed by atoms with E-state index in [0.717, 1.165) is 25.2 Å². The van der Waals surface area contributed by atoms with Crippen molar-refractivity contribution in [1.29, 1.82) is 0 Å². The van der Waals surface area contributed by atoms with Gasteiger partial charge in [0, 0.05) is 12.8 Å². The van der Waals surface area contributed by atoms with Crippen LogP contribution in [-0.4, -0.2) is 12.4 Å². The molecule has 0 N–H and O–H groups in total. The molecular formula is C16H24O2. The molecule has 1 heterocycles. The van der Waals surface area contributed by atoms with Crippen molar-refractivity contribution in [3.05, 3.63) is 30.3 Å². The van der Waals surface area contributed by atoms with E-state index in [4.69, 9.17) is 9.47 Å². The van der Waals surface area contributed by atoms with Crippen molar-refractivity contribution in [3.8, 4) is 5.75 Å². The van der Waals surface area contributed by atoms with Gasteiger partial charge in [-0.05, 0) is 18.6 Å². The SMILES string of the molecule is CCCCCCCC1(Oc2ccccc2)CCO1. The first-order valence-electron chi connectivity index (χ1n) is 7.23. The first-order valence-corrected chi connectivity index (χ1v) is 7.23. The number of unbranched alkanes of at least 4 members (excludes halogenated alkanes) is 4. The van der Waals surface area contributed by atoms with Crippen molar-refractivity contribution in [2.75, 3.05) is 6.61 Å². The van der Waals surface area contributed by atoms with E-state index in [2.05, 4.69) is 6.92 Å². The fraction of sp³-hybridized carbons (Fsp3) is 0.625. The average Bonchev–Trinajstić information content (AvgIpc) is 2.36. The van der Waals surface area contributed by atoms with E-state index < -0.39 is 0 Å². The lowest BCUT2D eigenvalue weighted by atomic mass is 9.99. The van der Waals surface area contributed by atoms with E-state index in [1.165, 1.54) is 32.1 Å². The molecular weight excluding hydrogens is 224 g/mol. The van der Waals surface area contributed by atoms with Crippen molar-refractivity contribution in [1.82, 2.24) is 0 Å². The van der Waals surface area contributed by atoms with Gasteiger partial charge in [-0.25, -0.2) is 0 Å². The summed E-state index contributed by atoms with van der Waals surface area (Å²) in [6, 6.07) is 10.0. The normalized spacial score (nSPS) is 22.5. The van der Waals surface area contributed by atoms with E-state index in [-0.39, 0.29) is 5.79 Å². The van der Waals surface area contributed by atoms with Crippen LogP contribution in [0.4, 0.5) is 0 Å². The molecule has 0 amide bonds. The average molecular weight is 248 g/mol. The van der Waals surface area contributed by atoms with Gasteiger partial charge in [0.1, 0.15) is 5.75 Å². The Hall–Kier alpha value is -1.02. The molecule has 0 saturated carbocycles. The van der Waals surface area contributed by atoms with Crippen LogP contribution in [0, 0.1) is 0 Å². The molecule has 1 atom stereocenters. The number of rotatable bonds is 8. The molecule has 0 aliphatic carbocycles. The Morgan fingerprint density at radius 3 is 2.44 bits per heavy atom. The number of para-hydroxylation sites is 1. The predicted octanol–water partition coefficient (Wildman–Crippen LogP) is 4.54. The monoisotopic (exact) mass is 248 g/mol. The van der Waals surface area contributed by atoms with E-state index >= 15 is 0 Å². The smallest absolute Gasteiger partial charge is 0.212 e. The minimum absolute atomic E-state index is 0.326. The maximum absolute atomic E-state index is 6.02. The Kier molecular flexibility index (Phi) is 5.06. The molecule has 0 spiro atoms. The van der Waals surface area contributed by atoms with E-state index in [1.54, 1.807) is 0 Å². The van der Waals surface area contributed by atoms with E-state index in [0.29, 0.717) is 0 Å². The van der Waals surface area contributed by atoms with Crippen LogP contribution in [0.15, 0.2) is 30.3 Å². The van der Waals surface area contributed by atoms with Crippen molar-refractivity contribution < 1.29 is 9.47 Å². The van der Waals surface area contributed by atoms with Crippen LogP contribution in [0.25, 0.3) is 0 Å². The molecule has 18 heavy (non-hydrogen) atoms. The second-order valence-corrected chi connectivity index (χ2v) is 5.09. The predicted molar refractivity (Wildman–Crippen MR) is 73.7 cm³/mol. The van der Waals surface area contributed by atoms with Gasteiger partial charge in [0.2, 0.25) is 5.79 Å². The van der Waals surface area contributed by atoms with Gasteiger partial charge in [-0.2, -0.15) is 0 Å². The first-order chi connectivity index (χ1) is 8.85. The van der Waals surface area contributed by atoms with Crippen LogP contribution >= 0.6 is 0 Å². The molecule has 1 aromatic rings. The second-order valence-electron chi connectivity index (χ2n) is 5.09. The highest BCUT2D eigenvalue weighted by molar-refractivity contribution is 5.21. The molecule has 1 saturated heterocycles. The molecule has 2 heteroatoms. The van der Waals surface area contributed by atoms with Gasteiger partial charge in [-0.15, -0.1) is 0 Å². The second kappa shape index (κ2) is 6.79. The van der Waals surface area contributed by atoms with Crippen LogP contribution in [0.1, 0.15) is 51.9 Å². The summed E-state index contributed by atoms with van der Waals surface area (Å²) in [5.74, 6) is 0.596. The molecule has 1 aromatic carbocycles. The quantitative estimate of drug-likeness (QED) is 0.629. The van der Waals surface area contributed by atoms with Crippen LogP contribution in [0.2, 0.25) is 0 Å². The highest BCUT2D eigenvalue weighted by Gasteiger charge is 2.40. The van der Waals surface area contributed by atoms with Crippen molar-refractivity contribution in [2.45, 2.75) is 57.7 Å². The lowest BCUT2D eigenvalue weighted by molar-refractivity contribution is -0.267. The third-order valence-corrected chi connectivity index (χ3v) is 3.56. The summed E-state index contributed by atoms with van der Waals surface area (Å²) >= 11 is 0. The minimum Gasteiger partial charge on any atom is -0.462 e. The summed E-state index contributed by atoms with van der Waals surface area (Å²) < 4.78 is 11.7. The summed E-state index contributed by atoms with van der Waals surface area (Å²) in [6.45, 7) is 3.08. The zero-order chi connectivity index (χ0) is 12.7. The maximum Gasteiger partial charge on any atom is 0.212 e. The minimum atomic E-state index is -0.326. The largest absolute Gasteiger partial charge is 0.462 e. The topological polar surface area (TPSA) is 18.5 Å². The number of ether oxygens (including phenoxy) is 2. The molecule has 1 fully saturated rings. The van der Waals surface area contributed by atoms with Crippen LogP contribution < -0.4 is 4.74 Å². The molecule has 2 nitrogen and oxygen atoms in total. The fourth-order valence-electron chi connectivity index (χ4n) is 2.36. The van der Waals surface area contributed by atoms with Crippen LogP contribution in [0.5, 0.6) is 5.75 Å². The highest BCUT2D eigenvalue weighted by Crippen LogP contribution is 2.34. The summed E-state index contributed by atoms with van der Waals surface area (Å²) in [6.07, 6.45) is 8.50. The van der Waals surface area contributed by atoms with Gasteiger partial charge in [0.25, 0.3) is 0 Å². The summed E-state index contributed by atoms with van der Waals surface area (Å²) in [4.78, 5) is 0. The fourth-order valence-corrected chi connectivity index (χ4v) is 2.36. The molecule has 0 aromatic heterocycles. The molecule has 100 valence electrons. The molecule has 0 radical (unpaired) electrons. The lowest BCUT2D eigenvalue weighted by Gasteiger charge is -2.41. The van der Waals surface area contributed by atoms with Gasteiger partial charge in [-0.1, -0.05) is 50.8 Å². The van der Waals surface area contributed by atoms with Crippen molar-refractivity contribution in [2.24, 2.45) is 0 Å². The van der Waals surface area contributed by atoms with Crippen molar-refractivity contribution >= 4 is 0 Å². The number of benzene rings is 1.